The molecule has 5 heterocycles. The largest absolute Gasteiger partial charge is 0.355 e. The van der Waals surface area contributed by atoms with Gasteiger partial charge in [0, 0.05) is 22.1 Å². The molecule has 2 aliphatic heterocycles. The highest BCUT2D eigenvalue weighted by atomic mass is 14.8. The third-order valence-corrected chi connectivity index (χ3v) is 8.36. The zero-order chi connectivity index (χ0) is 32.1. The molecule has 0 saturated carbocycles. The van der Waals surface area contributed by atoms with Crippen LogP contribution in [0.4, 0.5) is 0 Å². The van der Waals surface area contributed by atoms with E-state index in [2.05, 4.69) is 117 Å². The Labute approximate surface area is 278 Å². The predicted molar refractivity (Wildman–Crippen MR) is 204 cm³/mol. The number of nitrogens with zero attached hydrogens (tertiary/aromatic N) is 2. The molecule has 0 spiro atoms. The van der Waals surface area contributed by atoms with Crippen molar-refractivity contribution in [3.8, 4) is 0 Å². The van der Waals surface area contributed by atoms with Crippen molar-refractivity contribution in [2.75, 3.05) is 0 Å². The Morgan fingerprint density at radius 3 is 0.729 bits per heavy atom. The van der Waals surface area contributed by atoms with Gasteiger partial charge in [0.15, 0.2) is 0 Å². The fraction of sp³-hybridized carbons (Fsp3) is 0. The summed E-state index contributed by atoms with van der Waals surface area (Å²) in [5.74, 6) is 0. The molecule has 0 atom stereocenters. The van der Waals surface area contributed by atoms with Crippen molar-refractivity contribution in [3.05, 3.63) is 181 Å². The first-order valence-electron chi connectivity index (χ1n) is 16.1. The van der Waals surface area contributed by atoms with Gasteiger partial charge in [0.2, 0.25) is 0 Å². The summed E-state index contributed by atoms with van der Waals surface area (Å²) < 4.78 is 0. The topological polar surface area (TPSA) is 57.4 Å². The van der Waals surface area contributed by atoms with Gasteiger partial charge in [0.25, 0.3) is 0 Å². The van der Waals surface area contributed by atoms with Crippen molar-refractivity contribution in [3.63, 3.8) is 0 Å². The molecule has 2 N–H and O–H groups in total. The number of hydrogen-bond donors (Lipinski definition) is 2. The van der Waals surface area contributed by atoms with Gasteiger partial charge in [0.1, 0.15) is 0 Å². The van der Waals surface area contributed by atoms with Gasteiger partial charge in [-0.2, -0.15) is 0 Å². The number of H-pyrrole nitrogens is 2. The van der Waals surface area contributed by atoms with E-state index in [1.807, 2.05) is 85.0 Å². The zero-order valence-corrected chi connectivity index (χ0v) is 26.2. The maximum Gasteiger partial charge on any atom is 0.0658 e. The molecule has 2 aliphatic rings. The Balaban J connectivity index is 0.000000123. The van der Waals surface area contributed by atoms with E-state index in [-0.39, 0.29) is 0 Å². The molecule has 48 heavy (non-hydrogen) atoms. The van der Waals surface area contributed by atoms with E-state index in [4.69, 9.17) is 0 Å². The van der Waals surface area contributed by atoms with E-state index in [1.165, 1.54) is 32.3 Å². The molecule has 10 rings (SSSR count). The number of fused-ring (bicyclic) bond motifs is 14. The van der Waals surface area contributed by atoms with Crippen LogP contribution in [0.25, 0.3) is 78.7 Å². The molecule has 4 nitrogen and oxygen atoms in total. The summed E-state index contributed by atoms with van der Waals surface area (Å²) in [5, 5.41) is 8.04. The van der Waals surface area contributed by atoms with E-state index >= 15 is 0 Å². The average molecular weight is 617 g/mol. The van der Waals surface area contributed by atoms with Crippen LogP contribution in [0.5, 0.6) is 0 Å². The molecular weight excluding hydrogens is 585 g/mol. The average Bonchev–Trinajstić information content (AvgIpc) is 3.97. The lowest BCUT2D eigenvalue weighted by Gasteiger charge is -2.09. The molecule has 228 valence electrons. The van der Waals surface area contributed by atoms with Crippen molar-refractivity contribution in [1.29, 1.82) is 0 Å². The summed E-state index contributed by atoms with van der Waals surface area (Å²) >= 11 is 0. The minimum absolute atomic E-state index is 0.939. The Bertz CT molecular complexity index is 2200. The summed E-state index contributed by atoms with van der Waals surface area (Å²) in [4.78, 5) is 16.0. The van der Waals surface area contributed by atoms with Gasteiger partial charge in [-0.25, -0.2) is 9.97 Å². The third-order valence-electron chi connectivity index (χ3n) is 8.36. The number of aromatic amines is 2. The first-order chi connectivity index (χ1) is 23.7. The Kier molecular flexibility index (Phi) is 7.87. The van der Waals surface area contributed by atoms with Crippen LogP contribution in [0.2, 0.25) is 0 Å². The van der Waals surface area contributed by atoms with Crippen LogP contribution in [-0.4, -0.2) is 19.9 Å². The molecule has 8 bridgehead atoms. The lowest BCUT2D eigenvalue weighted by atomic mass is 9.95. The lowest BCUT2D eigenvalue weighted by molar-refractivity contribution is 1.31. The molecule has 8 aromatic rings. The van der Waals surface area contributed by atoms with E-state index in [1.54, 1.807) is 0 Å². The number of benzene rings is 5. The quantitative estimate of drug-likeness (QED) is 0.167. The Morgan fingerprint density at radius 1 is 0.271 bits per heavy atom. The maximum atomic E-state index is 4.63. The minimum atomic E-state index is 0.939. The van der Waals surface area contributed by atoms with Crippen LogP contribution in [0.1, 0.15) is 22.8 Å². The summed E-state index contributed by atoms with van der Waals surface area (Å²) in [6.07, 6.45) is 8.09. The van der Waals surface area contributed by atoms with E-state index in [0.717, 1.165) is 44.8 Å². The number of nitrogens with one attached hydrogen (secondary N) is 2. The van der Waals surface area contributed by atoms with Crippen molar-refractivity contribution < 1.29 is 0 Å². The molecule has 0 fully saturated rings. The smallest absolute Gasteiger partial charge is 0.0658 e. The first-order valence-corrected chi connectivity index (χ1v) is 16.1. The Morgan fingerprint density at radius 2 is 0.500 bits per heavy atom. The fourth-order valence-corrected chi connectivity index (χ4v) is 6.19. The molecule has 5 aromatic carbocycles. The summed E-state index contributed by atoms with van der Waals surface area (Å²) in [7, 11) is 0. The van der Waals surface area contributed by atoms with Crippen molar-refractivity contribution >= 4 is 78.7 Å². The molecule has 0 amide bonds. The highest BCUT2D eigenvalue weighted by Gasteiger charge is 2.06. The normalized spacial score (nSPS) is 11.6. The van der Waals surface area contributed by atoms with Crippen LogP contribution >= 0.6 is 0 Å². The van der Waals surface area contributed by atoms with Gasteiger partial charge in [-0.1, -0.05) is 109 Å². The van der Waals surface area contributed by atoms with Gasteiger partial charge >= 0.3 is 0 Å². The second-order valence-corrected chi connectivity index (χ2v) is 11.7. The molecule has 3 aromatic heterocycles. The summed E-state index contributed by atoms with van der Waals surface area (Å²) in [6.45, 7) is 0. The van der Waals surface area contributed by atoms with Crippen LogP contribution < -0.4 is 0 Å². The molecular formula is C44H32N4. The van der Waals surface area contributed by atoms with Gasteiger partial charge in [-0.15, -0.1) is 0 Å². The number of hydrogen-bond acceptors (Lipinski definition) is 2. The highest BCUT2D eigenvalue weighted by molar-refractivity contribution is 6.25. The van der Waals surface area contributed by atoms with Crippen molar-refractivity contribution in [2.45, 2.75) is 0 Å². The molecule has 4 heteroatoms. The van der Waals surface area contributed by atoms with Gasteiger partial charge in [-0.3, -0.25) is 0 Å². The van der Waals surface area contributed by atoms with Gasteiger partial charge in [0.05, 0.1) is 22.8 Å². The number of rotatable bonds is 0. The van der Waals surface area contributed by atoms with E-state index in [0.29, 0.717) is 0 Å². The monoisotopic (exact) mass is 616 g/mol. The van der Waals surface area contributed by atoms with Crippen LogP contribution in [0, 0.1) is 0 Å². The summed E-state index contributed by atoms with van der Waals surface area (Å²) in [5.41, 5.74) is 7.86. The van der Waals surface area contributed by atoms with E-state index in [9.17, 15) is 0 Å². The molecule has 0 aliphatic carbocycles. The molecule has 0 radical (unpaired) electrons. The van der Waals surface area contributed by atoms with Crippen LogP contribution in [0.3, 0.4) is 0 Å². The van der Waals surface area contributed by atoms with Gasteiger partial charge < -0.3 is 9.97 Å². The number of aromatic nitrogens is 4. The first kappa shape index (κ1) is 28.9. The zero-order valence-electron chi connectivity index (χ0n) is 26.2. The SMILES string of the molecule is C1=Cc2cc3ccc(cc4nc(cc5ccc(cc1n2)[nH]5)C=C4)[nH]3.c1ccc2c(c1)c1ccccc1c1ccccc21.c1ccccc1. The predicted octanol–water partition coefficient (Wildman–Crippen LogP) is 11.5. The fourth-order valence-electron chi connectivity index (χ4n) is 6.19. The van der Waals surface area contributed by atoms with Crippen molar-refractivity contribution in [2.24, 2.45) is 0 Å². The highest BCUT2D eigenvalue weighted by Crippen LogP contribution is 2.34. The molecule has 0 saturated heterocycles. The van der Waals surface area contributed by atoms with E-state index < -0.39 is 0 Å². The third kappa shape index (κ3) is 6.28. The molecule has 0 unspecified atom stereocenters. The summed E-state index contributed by atoms with van der Waals surface area (Å²) in [6, 6.07) is 54.3. The van der Waals surface area contributed by atoms with Crippen molar-refractivity contribution in [1.82, 2.24) is 19.9 Å². The standard InChI is InChI=1S/C20H14N4.C18H12.C6H6/c1-2-14-10-16-5-6-18(23-16)12-20-8-7-19(24-20)11-17-4-3-15(22-17)9-13(1)21-14;1-2-8-14-13(7-1)15-9-3-4-11-17(15)18-12-6-5-10-16(14)18;1-2-4-6-5-3-1/h1-12,21,24H;1-12H;1-6H. The maximum absolute atomic E-state index is 4.63. The Hall–Kier alpha value is -6.52. The van der Waals surface area contributed by atoms with Crippen LogP contribution in [0.15, 0.2) is 158 Å². The second kappa shape index (κ2) is 13.1. The van der Waals surface area contributed by atoms with Crippen LogP contribution in [-0.2, 0) is 0 Å². The minimum Gasteiger partial charge on any atom is -0.355 e. The van der Waals surface area contributed by atoms with Gasteiger partial charge in [-0.05, 0) is 105 Å². The lowest BCUT2D eigenvalue weighted by Crippen LogP contribution is -1.81. The second-order valence-electron chi connectivity index (χ2n) is 11.7.